The molecule has 8 heteroatoms. The minimum atomic E-state index is -3.77. The predicted octanol–water partition coefficient (Wildman–Crippen LogP) is 0.853. The maximum absolute atomic E-state index is 13.0. The van der Waals surface area contributed by atoms with Crippen LogP contribution >= 0.6 is 0 Å². The Bertz CT molecular complexity index is 863. The van der Waals surface area contributed by atoms with Crippen LogP contribution in [0.5, 0.6) is 0 Å². The molecule has 1 aromatic carbocycles. The van der Waals surface area contributed by atoms with E-state index in [2.05, 4.69) is 5.10 Å². The Balaban J connectivity index is 2.05. The second-order valence-electron chi connectivity index (χ2n) is 6.19. The van der Waals surface area contributed by atoms with Crippen LogP contribution in [0.3, 0.4) is 0 Å². The number of nitrogens with zero attached hydrogens (tertiary/aromatic N) is 3. The van der Waals surface area contributed by atoms with Crippen molar-refractivity contribution in [3.05, 3.63) is 47.3 Å². The summed E-state index contributed by atoms with van der Waals surface area (Å²) in [6.07, 6.45) is 1.25. The maximum atomic E-state index is 13.0. The molecule has 0 bridgehead atoms. The quantitative estimate of drug-likeness (QED) is 0.819. The fraction of sp³-hybridized carbons (Fsp3) is 0.471. The fourth-order valence-corrected chi connectivity index (χ4v) is 5.23. The van der Waals surface area contributed by atoms with Crippen molar-refractivity contribution in [1.82, 2.24) is 14.1 Å². The zero-order chi connectivity index (χ0) is 18.2. The lowest BCUT2D eigenvalue weighted by molar-refractivity contribution is 0.0724. The Labute approximate surface area is 147 Å². The van der Waals surface area contributed by atoms with Gasteiger partial charge in [-0.3, -0.25) is 4.68 Å². The predicted molar refractivity (Wildman–Crippen MR) is 92.5 cm³/mol. The number of sulfonamides is 1. The van der Waals surface area contributed by atoms with Gasteiger partial charge in [-0.25, -0.2) is 8.42 Å². The highest BCUT2D eigenvalue weighted by atomic mass is 32.2. The summed E-state index contributed by atoms with van der Waals surface area (Å²) in [6, 6.07) is 5.81. The standard InChI is InChI=1S/C17H23N3O4S/c1-3-19-11-13(12(2)18-19)10-15-17(22)14-6-4-5-7-16(14)25(23,24)20(15)8-9-21/h4-7,11,15,17,21-22H,3,8-10H2,1-2H3/t15-,17+/m1/s1. The molecule has 3 rings (SSSR count). The molecule has 25 heavy (non-hydrogen) atoms. The number of aliphatic hydroxyl groups is 2. The third-order valence-electron chi connectivity index (χ3n) is 4.68. The van der Waals surface area contributed by atoms with Gasteiger partial charge in [0.05, 0.1) is 29.3 Å². The van der Waals surface area contributed by atoms with E-state index in [1.54, 1.807) is 22.9 Å². The van der Waals surface area contributed by atoms with Gasteiger partial charge in [0, 0.05) is 24.8 Å². The molecule has 2 heterocycles. The summed E-state index contributed by atoms with van der Waals surface area (Å²) in [5.74, 6) is 0. The van der Waals surface area contributed by atoms with Gasteiger partial charge in [0.1, 0.15) is 0 Å². The van der Waals surface area contributed by atoms with Crippen LogP contribution in [-0.4, -0.2) is 51.9 Å². The monoisotopic (exact) mass is 365 g/mol. The van der Waals surface area contributed by atoms with Crippen molar-refractivity contribution in [2.24, 2.45) is 0 Å². The molecule has 0 radical (unpaired) electrons. The molecule has 0 amide bonds. The molecule has 0 saturated carbocycles. The molecule has 0 unspecified atom stereocenters. The number of rotatable bonds is 5. The highest BCUT2D eigenvalue weighted by molar-refractivity contribution is 7.89. The van der Waals surface area contributed by atoms with Crippen LogP contribution in [0.2, 0.25) is 0 Å². The van der Waals surface area contributed by atoms with E-state index >= 15 is 0 Å². The van der Waals surface area contributed by atoms with Crippen LogP contribution in [0.4, 0.5) is 0 Å². The van der Waals surface area contributed by atoms with E-state index in [0.717, 1.165) is 17.8 Å². The van der Waals surface area contributed by atoms with E-state index in [9.17, 15) is 18.6 Å². The van der Waals surface area contributed by atoms with Gasteiger partial charge in [-0.15, -0.1) is 0 Å². The Hall–Kier alpha value is -1.74. The molecule has 2 atom stereocenters. The average Bonchev–Trinajstić information content (AvgIpc) is 2.96. The van der Waals surface area contributed by atoms with Crippen molar-refractivity contribution in [3.63, 3.8) is 0 Å². The molecule has 0 fully saturated rings. The smallest absolute Gasteiger partial charge is 0.243 e. The first-order valence-corrected chi connectivity index (χ1v) is 9.76. The largest absolute Gasteiger partial charge is 0.395 e. The van der Waals surface area contributed by atoms with Gasteiger partial charge in [-0.05, 0) is 31.9 Å². The van der Waals surface area contributed by atoms with E-state index in [1.165, 1.54) is 10.4 Å². The lowest BCUT2D eigenvalue weighted by atomic mass is 9.96. The molecular weight excluding hydrogens is 342 g/mol. The summed E-state index contributed by atoms with van der Waals surface area (Å²) >= 11 is 0. The van der Waals surface area contributed by atoms with E-state index in [0.29, 0.717) is 12.0 Å². The van der Waals surface area contributed by atoms with E-state index in [1.807, 2.05) is 20.0 Å². The van der Waals surface area contributed by atoms with Crippen molar-refractivity contribution in [1.29, 1.82) is 0 Å². The number of hydrogen-bond acceptors (Lipinski definition) is 5. The average molecular weight is 365 g/mol. The van der Waals surface area contributed by atoms with Crippen molar-refractivity contribution in [3.8, 4) is 0 Å². The zero-order valence-corrected chi connectivity index (χ0v) is 15.1. The van der Waals surface area contributed by atoms with Gasteiger partial charge < -0.3 is 10.2 Å². The SMILES string of the molecule is CCn1cc(C[C@@H]2[C@@H](O)c3ccccc3S(=O)(=O)N2CCO)c(C)n1. The summed E-state index contributed by atoms with van der Waals surface area (Å²) in [6.45, 7) is 4.20. The molecule has 2 aromatic rings. The molecule has 1 aromatic heterocycles. The van der Waals surface area contributed by atoms with Crippen LogP contribution in [0.1, 0.15) is 29.8 Å². The Morgan fingerprint density at radius 3 is 2.64 bits per heavy atom. The van der Waals surface area contributed by atoms with Crippen LogP contribution in [0, 0.1) is 6.92 Å². The molecule has 0 saturated heterocycles. The highest BCUT2D eigenvalue weighted by Crippen LogP contribution is 2.37. The van der Waals surface area contributed by atoms with Crippen molar-refractivity contribution in [2.45, 2.75) is 43.9 Å². The first-order chi connectivity index (χ1) is 11.9. The minimum Gasteiger partial charge on any atom is -0.395 e. The Kier molecular flexibility index (Phi) is 4.97. The van der Waals surface area contributed by atoms with Gasteiger partial charge in [0.2, 0.25) is 10.0 Å². The fourth-order valence-electron chi connectivity index (χ4n) is 3.37. The van der Waals surface area contributed by atoms with Gasteiger partial charge in [0.15, 0.2) is 0 Å². The lowest BCUT2D eigenvalue weighted by Gasteiger charge is -2.39. The maximum Gasteiger partial charge on any atom is 0.243 e. The lowest BCUT2D eigenvalue weighted by Crippen LogP contribution is -2.50. The summed E-state index contributed by atoms with van der Waals surface area (Å²) in [4.78, 5) is 0.105. The zero-order valence-electron chi connectivity index (χ0n) is 14.3. The minimum absolute atomic E-state index is 0.0562. The Morgan fingerprint density at radius 2 is 2.00 bits per heavy atom. The van der Waals surface area contributed by atoms with Crippen LogP contribution < -0.4 is 0 Å². The number of benzene rings is 1. The first kappa shape index (κ1) is 18.1. The van der Waals surface area contributed by atoms with Crippen molar-refractivity contribution < 1.29 is 18.6 Å². The van der Waals surface area contributed by atoms with Gasteiger partial charge in [-0.2, -0.15) is 9.40 Å². The van der Waals surface area contributed by atoms with Crippen molar-refractivity contribution in [2.75, 3.05) is 13.2 Å². The second-order valence-corrected chi connectivity index (χ2v) is 8.05. The van der Waals surface area contributed by atoms with Crippen LogP contribution in [0.25, 0.3) is 0 Å². The summed E-state index contributed by atoms with van der Waals surface area (Å²) in [5.41, 5.74) is 2.11. The van der Waals surface area contributed by atoms with E-state index < -0.39 is 22.2 Å². The van der Waals surface area contributed by atoms with Gasteiger partial charge in [0.25, 0.3) is 0 Å². The highest BCUT2D eigenvalue weighted by Gasteiger charge is 2.43. The number of β-amino-alcohol motifs (C(OH)–C–C–N with tert-alkyl or cyclic N) is 1. The molecule has 0 aliphatic carbocycles. The Morgan fingerprint density at radius 1 is 1.28 bits per heavy atom. The van der Waals surface area contributed by atoms with E-state index in [-0.39, 0.29) is 18.0 Å². The number of hydrogen-bond donors (Lipinski definition) is 2. The van der Waals surface area contributed by atoms with E-state index in [4.69, 9.17) is 0 Å². The molecule has 2 N–H and O–H groups in total. The van der Waals surface area contributed by atoms with Gasteiger partial charge in [-0.1, -0.05) is 18.2 Å². The topological polar surface area (TPSA) is 95.7 Å². The van der Waals surface area contributed by atoms with Crippen molar-refractivity contribution >= 4 is 10.0 Å². The third kappa shape index (κ3) is 3.10. The number of aliphatic hydroxyl groups excluding tert-OH is 2. The first-order valence-electron chi connectivity index (χ1n) is 8.32. The summed E-state index contributed by atoms with van der Waals surface area (Å²) < 4.78 is 28.9. The number of aromatic nitrogens is 2. The summed E-state index contributed by atoms with van der Waals surface area (Å²) in [7, 11) is -3.77. The molecule has 1 aliphatic rings. The van der Waals surface area contributed by atoms with Gasteiger partial charge >= 0.3 is 0 Å². The third-order valence-corrected chi connectivity index (χ3v) is 6.68. The second kappa shape index (κ2) is 6.87. The summed E-state index contributed by atoms with van der Waals surface area (Å²) in [5, 5.41) is 24.6. The number of fused-ring (bicyclic) bond motifs is 1. The molecule has 7 nitrogen and oxygen atoms in total. The normalized spacial score (nSPS) is 22.7. The molecule has 0 spiro atoms. The van der Waals surface area contributed by atoms with Crippen LogP contribution in [0.15, 0.2) is 35.4 Å². The molecule has 1 aliphatic heterocycles. The molecule has 136 valence electrons. The molecular formula is C17H23N3O4S. The van der Waals surface area contributed by atoms with Crippen LogP contribution in [-0.2, 0) is 23.0 Å². The number of aryl methyl sites for hydroxylation is 2.